The van der Waals surface area contributed by atoms with Gasteiger partial charge in [-0.1, -0.05) is 13.3 Å². The van der Waals surface area contributed by atoms with Gasteiger partial charge in [0.25, 0.3) is 0 Å². The van der Waals surface area contributed by atoms with Crippen molar-refractivity contribution in [2.75, 3.05) is 13.1 Å². The lowest BCUT2D eigenvalue weighted by molar-refractivity contribution is -0.118. The van der Waals surface area contributed by atoms with E-state index in [0.29, 0.717) is 6.54 Å². The molecule has 88 valence electrons. The largest absolute Gasteiger partial charge is 0.368 e. The Bertz CT molecular complexity index is 217. The van der Waals surface area contributed by atoms with E-state index in [1.807, 2.05) is 13.8 Å². The third kappa shape index (κ3) is 5.93. The van der Waals surface area contributed by atoms with Gasteiger partial charge in [0, 0.05) is 12.6 Å². The fourth-order valence-electron chi connectivity index (χ4n) is 1.13. The van der Waals surface area contributed by atoms with E-state index >= 15 is 0 Å². The van der Waals surface area contributed by atoms with Gasteiger partial charge in [0.15, 0.2) is 0 Å². The van der Waals surface area contributed by atoms with Crippen LogP contribution < -0.4 is 11.1 Å². The van der Waals surface area contributed by atoms with Crippen molar-refractivity contribution in [3.63, 3.8) is 0 Å². The van der Waals surface area contributed by atoms with Crippen LogP contribution in [0.5, 0.6) is 0 Å². The van der Waals surface area contributed by atoms with Crippen molar-refractivity contribution in [1.82, 2.24) is 10.2 Å². The zero-order chi connectivity index (χ0) is 11.8. The van der Waals surface area contributed by atoms with Gasteiger partial charge in [-0.25, -0.2) is 4.79 Å². The maximum atomic E-state index is 11.6. The highest BCUT2D eigenvalue weighted by Gasteiger charge is 2.17. The Balaban J connectivity index is 4.11. The molecule has 0 rings (SSSR count). The Morgan fingerprint density at radius 2 is 2.00 bits per heavy atom. The average Bonchev–Trinajstić information content (AvgIpc) is 2.13. The number of hydrogen-bond acceptors (Lipinski definition) is 2. The van der Waals surface area contributed by atoms with Crippen molar-refractivity contribution in [2.45, 2.75) is 39.7 Å². The molecule has 0 aromatic rings. The topological polar surface area (TPSA) is 75.4 Å². The number of rotatable bonds is 6. The summed E-state index contributed by atoms with van der Waals surface area (Å²) in [4.78, 5) is 23.8. The molecule has 0 saturated carbocycles. The lowest BCUT2D eigenvalue weighted by atomic mass is 10.3. The van der Waals surface area contributed by atoms with E-state index in [1.54, 1.807) is 0 Å². The van der Waals surface area contributed by atoms with Gasteiger partial charge in [-0.2, -0.15) is 0 Å². The van der Waals surface area contributed by atoms with E-state index in [2.05, 4.69) is 12.2 Å². The highest BCUT2D eigenvalue weighted by molar-refractivity contribution is 5.83. The summed E-state index contributed by atoms with van der Waals surface area (Å²) in [5.74, 6) is -0.491. The van der Waals surface area contributed by atoms with Crippen LogP contribution in [-0.4, -0.2) is 36.0 Å². The Morgan fingerprint density at radius 1 is 1.40 bits per heavy atom. The van der Waals surface area contributed by atoms with Crippen LogP contribution in [0.15, 0.2) is 0 Å². The Hall–Kier alpha value is -1.26. The standard InChI is InChI=1S/C10H21N3O2/c1-4-5-6-12-10(15)13(8(2)3)7-9(11)14/h8H,4-7H2,1-3H3,(H2,11,14)(H,12,15). The summed E-state index contributed by atoms with van der Waals surface area (Å²) in [7, 11) is 0. The van der Waals surface area contributed by atoms with Crippen LogP contribution in [0.2, 0.25) is 0 Å². The van der Waals surface area contributed by atoms with E-state index in [-0.39, 0.29) is 18.6 Å². The van der Waals surface area contributed by atoms with E-state index in [4.69, 9.17) is 5.73 Å². The molecule has 0 spiro atoms. The summed E-state index contributed by atoms with van der Waals surface area (Å²) in [6.45, 7) is 6.35. The Labute approximate surface area is 91.0 Å². The molecule has 0 aliphatic carbocycles. The second-order valence-electron chi connectivity index (χ2n) is 3.77. The predicted molar refractivity (Wildman–Crippen MR) is 59.3 cm³/mol. The molecule has 5 nitrogen and oxygen atoms in total. The number of hydrogen-bond donors (Lipinski definition) is 2. The Morgan fingerprint density at radius 3 is 2.40 bits per heavy atom. The normalized spacial score (nSPS) is 10.1. The van der Waals surface area contributed by atoms with Crippen LogP contribution in [0.1, 0.15) is 33.6 Å². The molecule has 0 aromatic carbocycles. The summed E-state index contributed by atoms with van der Waals surface area (Å²) in [6, 6.07) is -0.253. The van der Waals surface area contributed by atoms with Gasteiger partial charge in [-0.3, -0.25) is 4.79 Å². The smallest absolute Gasteiger partial charge is 0.318 e. The molecule has 0 atom stereocenters. The highest BCUT2D eigenvalue weighted by Crippen LogP contribution is 1.98. The first-order chi connectivity index (χ1) is 6.99. The maximum absolute atomic E-state index is 11.6. The van der Waals surface area contributed by atoms with Gasteiger partial charge in [-0.05, 0) is 20.3 Å². The first-order valence-corrected chi connectivity index (χ1v) is 5.31. The first kappa shape index (κ1) is 13.7. The minimum atomic E-state index is -0.491. The van der Waals surface area contributed by atoms with Gasteiger partial charge in [0.1, 0.15) is 6.54 Å². The second kappa shape index (κ2) is 7.09. The lowest BCUT2D eigenvalue weighted by Gasteiger charge is -2.25. The first-order valence-electron chi connectivity index (χ1n) is 5.31. The molecule has 3 amide bonds. The third-order valence-electron chi connectivity index (χ3n) is 2.02. The summed E-state index contributed by atoms with van der Waals surface area (Å²) < 4.78 is 0. The van der Waals surface area contributed by atoms with Gasteiger partial charge >= 0.3 is 6.03 Å². The monoisotopic (exact) mass is 215 g/mol. The molecule has 3 N–H and O–H groups in total. The quantitative estimate of drug-likeness (QED) is 0.640. The fraction of sp³-hybridized carbons (Fsp3) is 0.800. The molecule has 0 saturated heterocycles. The SMILES string of the molecule is CCCCNC(=O)N(CC(N)=O)C(C)C. The number of nitrogens with zero attached hydrogens (tertiary/aromatic N) is 1. The number of amides is 3. The van der Waals surface area contributed by atoms with E-state index in [9.17, 15) is 9.59 Å². The van der Waals surface area contributed by atoms with Crippen LogP contribution in [0.25, 0.3) is 0 Å². The summed E-state index contributed by atoms with van der Waals surface area (Å²) in [5.41, 5.74) is 5.06. The molecule has 0 aromatic heterocycles. The number of primary amides is 1. The molecule has 0 unspecified atom stereocenters. The van der Waals surface area contributed by atoms with Gasteiger partial charge < -0.3 is 16.0 Å². The van der Waals surface area contributed by atoms with Crippen LogP contribution in [0, 0.1) is 0 Å². The molecule has 0 bridgehead atoms. The van der Waals surface area contributed by atoms with Crippen molar-refractivity contribution in [1.29, 1.82) is 0 Å². The van der Waals surface area contributed by atoms with Crippen LogP contribution >= 0.6 is 0 Å². The van der Waals surface area contributed by atoms with E-state index in [1.165, 1.54) is 4.90 Å². The summed E-state index contributed by atoms with van der Waals surface area (Å²) in [5, 5.41) is 2.75. The molecular formula is C10H21N3O2. The number of nitrogens with two attached hydrogens (primary N) is 1. The zero-order valence-electron chi connectivity index (χ0n) is 9.75. The number of urea groups is 1. The van der Waals surface area contributed by atoms with Gasteiger partial charge in [-0.15, -0.1) is 0 Å². The van der Waals surface area contributed by atoms with Crippen molar-refractivity contribution >= 4 is 11.9 Å². The molecular weight excluding hydrogens is 194 g/mol. The van der Waals surface area contributed by atoms with E-state index in [0.717, 1.165) is 12.8 Å². The fourth-order valence-corrected chi connectivity index (χ4v) is 1.13. The van der Waals surface area contributed by atoms with Crippen molar-refractivity contribution < 1.29 is 9.59 Å². The number of carbonyl (C=O) groups excluding carboxylic acids is 2. The maximum Gasteiger partial charge on any atom is 0.318 e. The molecule has 15 heavy (non-hydrogen) atoms. The van der Waals surface area contributed by atoms with Crippen LogP contribution in [-0.2, 0) is 4.79 Å². The predicted octanol–water partition coefficient (Wildman–Crippen LogP) is 0.692. The van der Waals surface area contributed by atoms with Gasteiger partial charge in [0.05, 0.1) is 0 Å². The van der Waals surface area contributed by atoms with Crippen LogP contribution in [0.3, 0.4) is 0 Å². The van der Waals surface area contributed by atoms with E-state index < -0.39 is 5.91 Å². The zero-order valence-corrected chi connectivity index (χ0v) is 9.75. The number of nitrogens with one attached hydrogen (secondary N) is 1. The minimum absolute atomic E-state index is 0.0286. The van der Waals surface area contributed by atoms with Crippen molar-refractivity contribution in [3.8, 4) is 0 Å². The van der Waals surface area contributed by atoms with Crippen molar-refractivity contribution in [3.05, 3.63) is 0 Å². The molecule has 0 aliphatic rings. The molecule has 0 fully saturated rings. The molecule has 0 radical (unpaired) electrons. The third-order valence-corrected chi connectivity index (χ3v) is 2.02. The molecule has 5 heteroatoms. The molecule has 0 heterocycles. The number of carbonyl (C=O) groups is 2. The van der Waals surface area contributed by atoms with Crippen molar-refractivity contribution in [2.24, 2.45) is 5.73 Å². The highest BCUT2D eigenvalue weighted by atomic mass is 16.2. The number of unbranched alkanes of at least 4 members (excludes halogenated alkanes) is 1. The molecule has 0 aliphatic heterocycles. The summed E-state index contributed by atoms with van der Waals surface area (Å²) in [6.07, 6.45) is 1.96. The minimum Gasteiger partial charge on any atom is -0.368 e. The second-order valence-corrected chi connectivity index (χ2v) is 3.77. The lowest BCUT2D eigenvalue weighted by Crippen LogP contribution is -2.48. The summed E-state index contributed by atoms with van der Waals surface area (Å²) >= 11 is 0. The van der Waals surface area contributed by atoms with Gasteiger partial charge in [0.2, 0.25) is 5.91 Å². The Kier molecular flexibility index (Phi) is 6.49. The van der Waals surface area contributed by atoms with Crippen LogP contribution in [0.4, 0.5) is 4.79 Å². The average molecular weight is 215 g/mol.